The van der Waals surface area contributed by atoms with Gasteiger partial charge in [0, 0.05) is 41.6 Å². The summed E-state index contributed by atoms with van der Waals surface area (Å²) in [6.07, 6.45) is 8.29. The molecule has 1 saturated heterocycles. The van der Waals surface area contributed by atoms with Gasteiger partial charge in [-0.3, -0.25) is 4.79 Å². The van der Waals surface area contributed by atoms with Gasteiger partial charge < -0.3 is 23.8 Å². The zero-order valence-corrected chi connectivity index (χ0v) is 24.4. The van der Waals surface area contributed by atoms with Gasteiger partial charge in [0.05, 0.1) is 26.4 Å². The molecule has 1 atom stereocenters. The van der Waals surface area contributed by atoms with Crippen LogP contribution in [0.4, 0.5) is 0 Å². The topological polar surface area (TPSA) is 57.2 Å². The minimum absolute atomic E-state index is 0.0704. The molecule has 4 aromatic carbocycles. The number of piperidine rings is 1. The van der Waals surface area contributed by atoms with E-state index in [1.54, 1.807) is 14.2 Å². The van der Waals surface area contributed by atoms with Crippen molar-refractivity contribution >= 4 is 22.8 Å². The van der Waals surface area contributed by atoms with Gasteiger partial charge in [0.15, 0.2) is 5.60 Å². The summed E-state index contributed by atoms with van der Waals surface area (Å²) in [7, 11) is 3.34. The predicted octanol–water partition coefficient (Wildman–Crippen LogP) is 7.08. The monoisotopic (exact) mass is 561 g/mol. The third-order valence-electron chi connectivity index (χ3n) is 9.01. The van der Waals surface area contributed by atoms with E-state index in [-0.39, 0.29) is 5.91 Å². The van der Waals surface area contributed by atoms with Gasteiger partial charge in [-0.15, -0.1) is 0 Å². The third-order valence-corrected chi connectivity index (χ3v) is 9.01. The molecule has 1 fully saturated rings. The highest BCUT2D eigenvalue weighted by atomic mass is 16.5. The fourth-order valence-electron chi connectivity index (χ4n) is 6.69. The van der Waals surface area contributed by atoms with Crippen molar-refractivity contribution in [3.8, 4) is 23.0 Å². The number of aryl methyl sites for hydroxylation is 1. The standard InChI is InChI=1S/C36H35NO5/c1-23-29-13-12-28(40-3)22-31(29)34-30(33(23)35(38)37-18-5-4-6-19-37)15-17-36(42-34,25-7-10-27(39-2)11-8-25)26-9-14-32-24(21-26)16-20-41-32/h7-15,17,21-22H,4-6,16,18-20H2,1-3H3. The van der Waals surface area contributed by atoms with Gasteiger partial charge in [0.25, 0.3) is 5.91 Å². The summed E-state index contributed by atoms with van der Waals surface area (Å²) in [5, 5.41) is 1.90. The second-order valence-electron chi connectivity index (χ2n) is 11.3. The molecule has 4 aromatic rings. The van der Waals surface area contributed by atoms with Crippen LogP contribution in [0.2, 0.25) is 0 Å². The Morgan fingerprint density at radius 2 is 1.60 bits per heavy atom. The molecule has 0 N–H and O–H groups in total. The van der Waals surface area contributed by atoms with Crippen LogP contribution in [-0.4, -0.2) is 44.7 Å². The van der Waals surface area contributed by atoms with E-state index < -0.39 is 5.60 Å². The van der Waals surface area contributed by atoms with E-state index >= 15 is 0 Å². The molecule has 0 aliphatic carbocycles. The molecule has 214 valence electrons. The fraction of sp³-hybridized carbons (Fsp3) is 0.306. The molecule has 6 nitrogen and oxygen atoms in total. The highest BCUT2D eigenvalue weighted by Gasteiger charge is 2.40. The summed E-state index contributed by atoms with van der Waals surface area (Å²) in [5.74, 6) is 3.19. The van der Waals surface area contributed by atoms with Crippen LogP contribution in [0.1, 0.15) is 57.4 Å². The van der Waals surface area contributed by atoms with Gasteiger partial charge in [-0.2, -0.15) is 0 Å². The lowest BCUT2D eigenvalue weighted by Crippen LogP contribution is -2.38. The van der Waals surface area contributed by atoms with Crippen LogP contribution in [0.15, 0.2) is 66.7 Å². The first kappa shape index (κ1) is 26.4. The maximum atomic E-state index is 14.1. The zero-order chi connectivity index (χ0) is 28.8. The SMILES string of the molecule is COc1ccc(C2(c3ccc4c(c3)CCO4)C=Cc3c(C(=O)N4CCCCC4)c(C)c4ccc(OC)cc4c3O2)cc1. The number of nitrogens with zero attached hydrogens (tertiary/aromatic N) is 1. The van der Waals surface area contributed by atoms with E-state index in [1.807, 2.05) is 48.2 Å². The molecule has 3 aliphatic heterocycles. The number of benzene rings is 4. The van der Waals surface area contributed by atoms with E-state index in [1.165, 1.54) is 5.56 Å². The Labute approximate surface area is 246 Å². The Balaban J connectivity index is 1.47. The normalized spacial score (nSPS) is 19.1. The minimum atomic E-state index is -0.937. The number of amides is 1. The zero-order valence-electron chi connectivity index (χ0n) is 24.4. The molecule has 0 saturated carbocycles. The Bertz CT molecular complexity index is 1720. The number of fused-ring (bicyclic) bond motifs is 4. The molecule has 0 bridgehead atoms. The lowest BCUT2D eigenvalue weighted by atomic mass is 9.81. The number of rotatable bonds is 5. The smallest absolute Gasteiger partial charge is 0.254 e. The van der Waals surface area contributed by atoms with E-state index in [4.69, 9.17) is 18.9 Å². The fourth-order valence-corrected chi connectivity index (χ4v) is 6.69. The van der Waals surface area contributed by atoms with E-state index in [0.717, 1.165) is 89.0 Å². The third kappa shape index (κ3) is 4.20. The number of likely N-dealkylation sites (tertiary alicyclic amines) is 1. The summed E-state index contributed by atoms with van der Waals surface area (Å²) >= 11 is 0. The van der Waals surface area contributed by atoms with Gasteiger partial charge in [-0.25, -0.2) is 0 Å². The summed E-state index contributed by atoms with van der Waals surface area (Å²) in [4.78, 5) is 16.1. The van der Waals surface area contributed by atoms with Crippen molar-refractivity contribution in [2.45, 2.75) is 38.2 Å². The number of methoxy groups -OCH3 is 2. The van der Waals surface area contributed by atoms with Crippen molar-refractivity contribution in [3.63, 3.8) is 0 Å². The van der Waals surface area contributed by atoms with Crippen LogP contribution >= 0.6 is 0 Å². The van der Waals surface area contributed by atoms with Crippen molar-refractivity contribution in [2.24, 2.45) is 0 Å². The Kier molecular flexibility index (Phi) is 6.57. The maximum absolute atomic E-state index is 14.1. The number of carbonyl (C=O) groups is 1. The van der Waals surface area contributed by atoms with Gasteiger partial charge >= 0.3 is 0 Å². The lowest BCUT2D eigenvalue weighted by Gasteiger charge is -2.38. The lowest BCUT2D eigenvalue weighted by molar-refractivity contribution is 0.0722. The quantitative estimate of drug-likeness (QED) is 0.261. The van der Waals surface area contributed by atoms with Crippen molar-refractivity contribution in [1.29, 1.82) is 0 Å². The second kappa shape index (κ2) is 10.4. The van der Waals surface area contributed by atoms with Crippen LogP contribution in [0.25, 0.3) is 16.8 Å². The molecule has 3 heterocycles. The molecule has 6 heteroatoms. The average molecular weight is 562 g/mol. The number of ether oxygens (including phenoxy) is 4. The average Bonchev–Trinajstić information content (AvgIpc) is 3.53. The van der Waals surface area contributed by atoms with Gasteiger partial charge in [0.2, 0.25) is 0 Å². The van der Waals surface area contributed by atoms with Gasteiger partial charge in [-0.1, -0.05) is 24.3 Å². The number of carbonyl (C=O) groups excluding carboxylic acids is 1. The Morgan fingerprint density at radius 1 is 0.857 bits per heavy atom. The summed E-state index contributed by atoms with van der Waals surface area (Å²) < 4.78 is 24.2. The van der Waals surface area contributed by atoms with E-state index in [0.29, 0.717) is 17.9 Å². The first-order chi connectivity index (χ1) is 20.5. The van der Waals surface area contributed by atoms with Crippen LogP contribution in [0, 0.1) is 6.92 Å². The van der Waals surface area contributed by atoms with E-state index in [9.17, 15) is 4.79 Å². The number of hydrogen-bond acceptors (Lipinski definition) is 5. The van der Waals surface area contributed by atoms with Crippen LogP contribution in [-0.2, 0) is 12.0 Å². The van der Waals surface area contributed by atoms with Crippen LogP contribution < -0.4 is 18.9 Å². The molecule has 3 aliphatic rings. The molecule has 0 spiro atoms. The molecule has 0 aromatic heterocycles. The first-order valence-electron chi connectivity index (χ1n) is 14.7. The Morgan fingerprint density at radius 3 is 2.36 bits per heavy atom. The van der Waals surface area contributed by atoms with Crippen molar-refractivity contribution < 1.29 is 23.7 Å². The Hall–Kier alpha value is -4.45. The van der Waals surface area contributed by atoms with E-state index in [2.05, 4.69) is 36.4 Å². The molecule has 0 radical (unpaired) electrons. The second-order valence-corrected chi connectivity index (χ2v) is 11.3. The first-order valence-corrected chi connectivity index (χ1v) is 14.7. The van der Waals surface area contributed by atoms with Gasteiger partial charge in [0.1, 0.15) is 23.0 Å². The predicted molar refractivity (Wildman–Crippen MR) is 164 cm³/mol. The van der Waals surface area contributed by atoms with Gasteiger partial charge in [-0.05, 0) is 91.2 Å². The molecule has 1 amide bonds. The summed E-state index contributed by atoms with van der Waals surface area (Å²) in [6, 6.07) is 20.3. The molecular formula is C36H35NO5. The summed E-state index contributed by atoms with van der Waals surface area (Å²) in [6.45, 7) is 4.29. The minimum Gasteiger partial charge on any atom is -0.497 e. The van der Waals surface area contributed by atoms with Crippen molar-refractivity contribution in [1.82, 2.24) is 4.90 Å². The molecule has 1 unspecified atom stereocenters. The van der Waals surface area contributed by atoms with Crippen LogP contribution in [0.5, 0.6) is 23.0 Å². The molecular weight excluding hydrogens is 526 g/mol. The summed E-state index contributed by atoms with van der Waals surface area (Å²) in [5.41, 5.74) is 4.68. The van der Waals surface area contributed by atoms with Crippen molar-refractivity contribution in [2.75, 3.05) is 33.9 Å². The molecule has 42 heavy (non-hydrogen) atoms. The highest BCUT2D eigenvalue weighted by molar-refractivity contribution is 6.08. The van der Waals surface area contributed by atoms with Crippen LogP contribution in [0.3, 0.4) is 0 Å². The van der Waals surface area contributed by atoms with Crippen molar-refractivity contribution in [3.05, 3.63) is 100 Å². The maximum Gasteiger partial charge on any atom is 0.254 e. The largest absolute Gasteiger partial charge is 0.497 e. The highest BCUT2D eigenvalue weighted by Crippen LogP contribution is 2.49. The molecule has 7 rings (SSSR count). The number of hydrogen-bond donors (Lipinski definition) is 0.